The predicted octanol–water partition coefficient (Wildman–Crippen LogP) is 2.45. The predicted molar refractivity (Wildman–Crippen MR) is 95.6 cm³/mol. The first-order chi connectivity index (χ1) is 9.98. The summed E-state index contributed by atoms with van der Waals surface area (Å²) in [6.45, 7) is 3.99. The van der Waals surface area contributed by atoms with Crippen molar-refractivity contribution in [2.45, 2.75) is 6.92 Å². The number of rotatable bonds is 6. The van der Waals surface area contributed by atoms with Crippen molar-refractivity contribution in [2.24, 2.45) is 0 Å². The first kappa shape index (κ1) is 16.2. The van der Waals surface area contributed by atoms with E-state index in [9.17, 15) is 8.42 Å². The molecule has 0 spiro atoms. The van der Waals surface area contributed by atoms with E-state index in [1.165, 1.54) is 10.6 Å². The van der Waals surface area contributed by atoms with E-state index in [0.717, 1.165) is 6.16 Å². The summed E-state index contributed by atoms with van der Waals surface area (Å²) < 4.78 is 23.9. The molecule has 0 amide bonds. The molecule has 2 aromatic carbocycles. The summed E-state index contributed by atoms with van der Waals surface area (Å²) in [7, 11) is -4.94. The van der Waals surface area contributed by atoms with Gasteiger partial charge >= 0.3 is 128 Å². The third-order valence-electron chi connectivity index (χ3n) is 4.17. The summed E-state index contributed by atoms with van der Waals surface area (Å²) in [5.74, 6) is 0.497. The van der Waals surface area contributed by atoms with Crippen molar-refractivity contribution in [1.82, 2.24) is 0 Å². The van der Waals surface area contributed by atoms with Gasteiger partial charge in [-0.1, -0.05) is 0 Å². The van der Waals surface area contributed by atoms with Gasteiger partial charge in [-0.25, -0.2) is 0 Å². The van der Waals surface area contributed by atoms with Crippen LogP contribution in [0.2, 0.25) is 0 Å². The van der Waals surface area contributed by atoms with Crippen molar-refractivity contribution in [1.29, 1.82) is 0 Å². The molecule has 0 aliphatic rings. The van der Waals surface area contributed by atoms with Crippen molar-refractivity contribution < 1.29 is 8.42 Å². The Morgan fingerprint density at radius 2 is 1.29 bits per heavy atom. The maximum atomic E-state index is 11.9. The van der Waals surface area contributed by atoms with Crippen molar-refractivity contribution in [3.63, 3.8) is 0 Å². The molecule has 0 N–H and O–H groups in total. The van der Waals surface area contributed by atoms with E-state index in [1.54, 1.807) is 6.92 Å². The Morgan fingerprint density at radius 1 is 0.857 bits per heavy atom. The Balaban J connectivity index is 2.40. The van der Waals surface area contributed by atoms with Gasteiger partial charge in [-0.2, -0.15) is 0 Å². The van der Waals surface area contributed by atoms with Gasteiger partial charge < -0.3 is 0 Å². The molecule has 0 aliphatic carbocycles. The van der Waals surface area contributed by atoms with Crippen molar-refractivity contribution >= 4 is 27.7 Å². The van der Waals surface area contributed by atoms with Crippen LogP contribution < -0.4 is 10.6 Å². The van der Waals surface area contributed by atoms with Gasteiger partial charge in [0.15, 0.2) is 0 Å². The fourth-order valence-corrected chi connectivity index (χ4v) is 8.50. The van der Waals surface area contributed by atoms with Gasteiger partial charge in [0.1, 0.15) is 0 Å². The molecule has 0 saturated heterocycles. The van der Waals surface area contributed by atoms with E-state index in [1.807, 2.05) is 36.4 Å². The molecular weight excluding hydrogens is 299 g/mol. The summed E-state index contributed by atoms with van der Waals surface area (Å²) in [5.41, 5.74) is 0. The van der Waals surface area contributed by atoms with Crippen LogP contribution in [0.15, 0.2) is 60.7 Å². The summed E-state index contributed by atoms with van der Waals surface area (Å²) >= 11 is 0. The molecule has 0 fully saturated rings. The monoisotopic (exact) mass is 322 g/mol. The van der Waals surface area contributed by atoms with Crippen LogP contribution in [-0.2, 0) is 9.84 Å². The Hall–Kier alpha value is -1.18. The minimum atomic E-state index is -2.93. The van der Waals surface area contributed by atoms with E-state index in [0.29, 0.717) is 0 Å². The van der Waals surface area contributed by atoms with Crippen LogP contribution in [0.1, 0.15) is 6.92 Å². The quantitative estimate of drug-likeness (QED) is 0.766. The Labute approximate surface area is 128 Å². The topological polar surface area (TPSA) is 34.1 Å². The fraction of sp³-hybridized carbons (Fsp3) is 0.294. The third kappa shape index (κ3) is 3.93. The van der Waals surface area contributed by atoms with Crippen LogP contribution in [0.4, 0.5) is 0 Å². The average molecular weight is 322 g/mol. The van der Waals surface area contributed by atoms with E-state index < -0.39 is 17.1 Å². The molecule has 0 heterocycles. The molecule has 0 radical (unpaired) electrons. The molecule has 114 valence electrons. The Kier molecular flexibility index (Phi) is 5.18. The number of hydrogen-bond acceptors (Lipinski definition) is 2. The first-order valence-corrected chi connectivity index (χ1v) is 11.8. The molecule has 0 bridgehead atoms. The second kappa shape index (κ2) is 6.72. The summed E-state index contributed by atoms with van der Waals surface area (Å²) in [5, 5.41) is 2.59. The van der Waals surface area contributed by atoms with E-state index in [2.05, 4.69) is 30.9 Å². The Bertz CT molecular complexity index is 627. The van der Waals surface area contributed by atoms with Gasteiger partial charge in [-0.05, 0) is 0 Å². The molecule has 0 saturated carbocycles. The molecule has 2 rings (SSSR count). The number of benzene rings is 2. The van der Waals surface area contributed by atoms with Gasteiger partial charge in [0.25, 0.3) is 0 Å². The van der Waals surface area contributed by atoms with Gasteiger partial charge in [-0.15, -0.1) is 0 Å². The molecule has 21 heavy (non-hydrogen) atoms. The van der Waals surface area contributed by atoms with Gasteiger partial charge in [0, 0.05) is 0 Å². The van der Waals surface area contributed by atoms with Crippen LogP contribution in [-0.4, -0.2) is 32.8 Å². The maximum absolute atomic E-state index is 11.9. The minimum absolute atomic E-state index is 0.223. The average Bonchev–Trinajstić information content (AvgIpc) is 2.54. The molecule has 0 atom stereocenters. The van der Waals surface area contributed by atoms with Crippen molar-refractivity contribution in [2.75, 3.05) is 24.3 Å². The van der Waals surface area contributed by atoms with Crippen molar-refractivity contribution in [3.8, 4) is 0 Å². The van der Waals surface area contributed by atoms with Crippen LogP contribution in [0, 0.1) is 0 Å². The van der Waals surface area contributed by atoms with Crippen LogP contribution >= 0.6 is 7.26 Å². The number of sulfone groups is 1. The standard InChI is InChI=1S/C17H23O2PS/c1-3-21(18,19)15-14-20(2,16-10-6-4-7-11-16)17-12-8-5-9-13-17/h4-13,20H,3,14-15H2,1-2H3. The third-order valence-corrected chi connectivity index (χ3v) is 10.7. The zero-order valence-electron chi connectivity index (χ0n) is 12.6. The second-order valence-corrected chi connectivity index (χ2v) is 12.3. The molecule has 0 unspecified atom stereocenters. The first-order valence-electron chi connectivity index (χ1n) is 7.29. The van der Waals surface area contributed by atoms with Crippen LogP contribution in [0.3, 0.4) is 0 Å². The van der Waals surface area contributed by atoms with Gasteiger partial charge in [0.05, 0.1) is 0 Å². The van der Waals surface area contributed by atoms with E-state index in [4.69, 9.17) is 0 Å². The number of hydrogen-bond donors (Lipinski definition) is 0. The van der Waals surface area contributed by atoms with Gasteiger partial charge in [-0.3, -0.25) is 0 Å². The summed E-state index contributed by atoms with van der Waals surface area (Å²) in [6, 6.07) is 20.7. The second-order valence-electron chi connectivity index (χ2n) is 5.55. The summed E-state index contributed by atoms with van der Waals surface area (Å²) in [6.07, 6.45) is 0.733. The van der Waals surface area contributed by atoms with Crippen LogP contribution in [0.25, 0.3) is 0 Å². The van der Waals surface area contributed by atoms with E-state index in [-0.39, 0.29) is 11.5 Å². The van der Waals surface area contributed by atoms with Gasteiger partial charge in [0.2, 0.25) is 0 Å². The van der Waals surface area contributed by atoms with Crippen molar-refractivity contribution in [3.05, 3.63) is 60.7 Å². The van der Waals surface area contributed by atoms with Crippen LogP contribution in [0.5, 0.6) is 0 Å². The molecule has 4 heteroatoms. The molecule has 2 nitrogen and oxygen atoms in total. The summed E-state index contributed by atoms with van der Waals surface area (Å²) in [4.78, 5) is 0. The fourth-order valence-electron chi connectivity index (χ4n) is 2.57. The molecule has 0 aromatic heterocycles. The molecule has 2 aromatic rings. The normalized spacial score (nSPS) is 13.0. The Morgan fingerprint density at radius 3 is 1.67 bits per heavy atom. The zero-order chi connectivity index (χ0) is 15.3. The SMILES string of the molecule is CCS(=O)(=O)CC[PH](C)(c1ccccc1)c1ccccc1. The molecular formula is C17H23O2PS. The van der Waals surface area contributed by atoms with E-state index >= 15 is 0 Å². The zero-order valence-corrected chi connectivity index (χ0v) is 14.4. The molecule has 0 aliphatic heterocycles.